The van der Waals surface area contributed by atoms with Gasteiger partial charge >= 0.3 is 12.5 Å². The summed E-state index contributed by atoms with van der Waals surface area (Å²) in [5.41, 5.74) is -3.21. The average Bonchev–Trinajstić information content (AvgIpc) is 2.17. The molecule has 102 valence electrons. The van der Waals surface area contributed by atoms with Gasteiger partial charge in [-0.1, -0.05) is 11.6 Å². The van der Waals surface area contributed by atoms with Crippen molar-refractivity contribution in [3.8, 4) is 5.75 Å². The van der Waals surface area contributed by atoms with Crippen LogP contribution in [0.5, 0.6) is 5.75 Å². The van der Waals surface area contributed by atoms with Gasteiger partial charge in [-0.25, -0.2) is 4.39 Å². The molecule has 1 aromatic rings. The van der Waals surface area contributed by atoms with Crippen molar-refractivity contribution in [1.82, 2.24) is 4.98 Å². The van der Waals surface area contributed by atoms with Crippen LogP contribution in [0.15, 0.2) is 6.20 Å². The first-order valence-corrected chi connectivity index (χ1v) is 4.50. The van der Waals surface area contributed by atoms with Gasteiger partial charge in [-0.05, 0) is 0 Å². The second-order valence-corrected chi connectivity index (χ2v) is 3.34. The van der Waals surface area contributed by atoms with Gasteiger partial charge in [0.05, 0.1) is 5.69 Å². The molecule has 0 amide bonds. The fourth-order valence-corrected chi connectivity index (χ4v) is 1.30. The molecule has 0 N–H and O–H groups in total. The lowest BCUT2D eigenvalue weighted by Gasteiger charge is -2.17. The summed E-state index contributed by atoms with van der Waals surface area (Å²) < 4.78 is 89.0. The summed E-state index contributed by atoms with van der Waals surface area (Å²) in [5, 5.41) is -1.02. The van der Waals surface area contributed by atoms with E-state index in [0.717, 1.165) is 0 Å². The van der Waals surface area contributed by atoms with Crippen LogP contribution in [0.4, 0.5) is 30.7 Å². The smallest absolute Gasteiger partial charge is 0.403 e. The molecule has 0 bridgehead atoms. The van der Waals surface area contributed by atoms with Crippen molar-refractivity contribution in [1.29, 1.82) is 0 Å². The zero-order valence-electron chi connectivity index (χ0n) is 8.16. The molecule has 0 saturated heterocycles. The van der Waals surface area contributed by atoms with Crippen LogP contribution in [0.2, 0.25) is 5.02 Å². The SMILES string of the molecule is FCc1ncc(Cl)c(OC(F)(F)F)c1C(F)(F)F. The Morgan fingerprint density at radius 3 is 2.11 bits per heavy atom. The van der Waals surface area contributed by atoms with E-state index in [1.54, 1.807) is 0 Å². The Labute approximate surface area is 100 Å². The Morgan fingerprint density at radius 1 is 1.17 bits per heavy atom. The van der Waals surface area contributed by atoms with Gasteiger partial charge in [-0.2, -0.15) is 13.2 Å². The van der Waals surface area contributed by atoms with Gasteiger partial charge < -0.3 is 4.74 Å². The van der Waals surface area contributed by atoms with E-state index in [9.17, 15) is 30.7 Å². The molecule has 18 heavy (non-hydrogen) atoms. The molecule has 1 heterocycles. The lowest BCUT2D eigenvalue weighted by molar-refractivity contribution is -0.276. The molecular formula is C8H3ClF7NO. The van der Waals surface area contributed by atoms with Crippen LogP contribution >= 0.6 is 11.6 Å². The molecular weight excluding hydrogens is 295 g/mol. The van der Waals surface area contributed by atoms with Crippen LogP contribution in [0.25, 0.3) is 0 Å². The monoisotopic (exact) mass is 297 g/mol. The Morgan fingerprint density at radius 2 is 1.72 bits per heavy atom. The summed E-state index contributed by atoms with van der Waals surface area (Å²) >= 11 is 5.16. The first-order chi connectivity index (χ1) is 8.06. The summed E-state index contributed by atoms with van der Waals surface area (Å²) in [7, 11) is 0. The topological polar surface area (TPSA) is 22.1 Å². The molecule has 0 unspecified atom stereocenters. The molecule has 0 saturated carbocycles. The molecule has 0 aliphatic heterocycles. The van der Waals surface area contributed by atoms with Crippen LogP contribution in [-0.2, 0) is 12.9 Å². The summed E-state index contributed by atoms with van der Waals surface area (Å²) in [6.07, 6.45) is -10.2. The van der Waals surface area contributed by atoms with Crippen molar-refractivity contribution < 1.29 is 35.5 Å². The number of alkyl halides is 7. The van der Waals surface area contributed by atoms with Gasteiger partial charge in [-0.15, -0.1) is 13.2 Å². The number of ether oxygens (including phenoxy) is 1. The predicted molar refractivity (Wildman–Crippen MR) is 45.7 cm³/mol. The number of rotatable bonds is 2. The molecule has 0 atom stereocenters. The molecule has 2 nitrogen and oxygen atoms in total. The maximum Gasteiger partial charge on any atom is 0.573 e. The Hall–Kier alpha value is -1.25. The third-order valence-corrected chi connectivity index (χ3v) is 1.96. The molecule has 0 spiro atoms. The van der Waals surface area contributed by atoms with Crippen LogP contribution in [0.3, 0.4) is 0 Å². The number of hydrogen-bond acceptors (Lipinski definition) is 2. The van der Waals surface area contributed by atoms with Gasteiger partial charge in [-0.3, -0.25) is 4.98 Å². The lowest BCUT2D eigenvalue weighted by atomic mass is 10.1. The Balaban J connectivity index is 3.46. The van der Waals surface area contributed by atoms with Crippen molar-refractivity contribution in [3.63, 3.8) is 0 Å². The van der Waals surface area contributed by atoms with E-state index in [1.807, 2.05) is 0 Å². The highest BCUT2D eigenvalue weighted by Gasteiger charge is 2.43. The van der Waals surface area contributed by atoms with Crippen LogP contribution in [-0.4, -0.2) is 11.3 Å². The normalized spacial score (nSPS) is 12.7. The third kappa shape index (κ3) is 3.37. The zero-order chi connectivity index (χ0) is 14.1. The van der Waals surface area contributed by atoms with Crippen LogP contribution < -0.4 is 4.74 Å². The maximum atomic E-state index is 12.5. The van der Waals surface area contributed by atoms with Gasteiger partial charge in [0.25, 0.3) is 0 Å². The molecule has 0 fully saturated rings. The largest absolute Gasteiger partial charge is 0.573 e. The van der Waals surface area contributed by atoms with Crippen LogP contribution in [0, 0.1) is 0 Å². The first-order valence-electron chi connectivity index (χ1n) is 4.12. The van der Waals surface area contributed by atoms with E-state index in [1.165, 1.54) is 0 Å². The minimum absolute atomic E-state index is 0.451. The van der Waals surface area contributed by atoms with E-state index in [0.29, 0.717) is 6.20 Å². The van der Waals surface area contributed by atoms with Gasteiger partial charge in [0, 0.05) is 6.20 Å². The molecule has 0 radical (unpaired) electrons. The third-order valence-electron chi connectivity index (χ3n) is 1.69. The van der Waals surface area contributed by atoms with Crippen molar-refractivity contribution in [2.75, 3.05) is 0 Å². The summed E-state index contributed by atoms with van der Waals surface area (Å²) in [6.45, 7) is -1.71. The number of halogens is 8. The average molecular weight is 298 g/mol. The Kier molecular flexibility index (Phi) is 3.94. The lowest BCUT2D eigenvalue weighted by Crippen LogP contribution is -2.22. The van der Waals surface area contributed by atoms with Crippen molar-refractivity contribution in [2.24, 2.45) is 0 Å². The molecule has 0 aliphatic rings. The first kappa shape index (κ1) is 14.8. The van der Waals surface area contributed by atoms with E-state index in [-0.39, 0.29) is 0 Å². The second kappa shape index (κ2) is 4.79. The van der Waals surface area contributed by atoms with Gasteiger partial charge in [0.1, 0.15) is 17.3 Å². The van der Waals surface area contributed by atoms with E-state index < -0.39 is 41.2 Å². The maximum absolute atomic E-state index is 12.5. The molecule has 1 aromatic heterocycles. The van der Waals surface area contributed by atoms with Crippen molar-refractivity contribution in [2.45, 2.75) is 19.2 Å². The molecule has 1 rings (SSSR count). The zero-order valence-corrected chi connectivity index (χ0v) is 8.92. The van der Waals surface area contributed by atoms with E-state index in [4.69, 9.17) is 11.6 Å². The minimum atomic E-state index is -5.39. The number of hydrogen-bond donors (Lipinski definition) is 0. The summed E-state index contributed by atoms with van der Waals surface area (Å²) in [6, 6.07) is 0. The van der Waals surface area contributed by atoms with Crippen molar-refractivity contribution in [3.05, 3.63) is 22.5 Å². The molecule has 10 heteroatoms. The highest BCUT2D eigenvalue weighted by molar-refractivity contribution is 6.32. The van der Waals surface area contributed by atoms with Gasteiger partial charge in [0.2, 0.25) is 0 Å². The fraction of sp³-hybridized carbons (Fsp3) is 0.375. The quantitative estimate of drug-likeness (QED) is 0.766. The number of pyridine rings is 1. The standard InChI is InChI=1S/C8H3ClF7NO/c9-3-2-17-4(1-10)5(7(11,12)13)6(3)18-8(14,15)16/h2H,1H2. The summed E-state index contributed by atoms with van der Waals surface area (Å²) in [5.74, 6) is -1.71. The molecule has 0 aliphatic carbocycles. The fourth-order valence-electron chi connectivity index (χ4n) is 1.12. The summed E-state index contributed by atoms with van der Waals surface area (Å²) in [4.78, 5) is 2.98. The van der Waals surface area contributed by atoms with E-state index >= 15 is 0 Å². The number of aromatic nitrogens is 1. The molecule has 0 aromatic carbocycles. The minimum Gasteiger partial charge on any atom is -0.403 e. The highest BCUT2D eigenvalue weighted by atomic mass is 35.5. The predicted octanol–water partition coefficient (Wildman–Crippen LogP) is 4.12. The van der Waals surface area contributed by atoms with Gasteiger partial charge in [0.15, 0.2) is 5.75 Å². The van der Waals surface area contributed by atoms with E-state index in [2.05, 4.69) is 9.72 Å². The van der Waals surface area contributed by atoms with Crippen LogP contribution in [0.1, 0.15) is 11.3 Å². The number of nitrogens with zero attached hydrogens (tertiary/aromatic N) is 1. The second-order valence-electron chi connectivity index (χ2n) is 2.94. The van der Waals surface area contributed by atoms with Crippen molar-refractivity contribution >= 4 is 11.6 Å². The highest BCUT2D eigenvalue weighted by Crippen LogP contribution is 2.43. The Bertz CT molecular complexity index is 442.